The van der Waals surface area contributed by atoms with Gasteiger partial charge in [-0.3, -0.25) is 14.2 Å². The summed E-state index contributed by atoms with van der Waals surface area (Å²) in [4.78, 5) is 37.5. The number of hydrogen-bond acceptors (Lipinski definition) is 3. The Bertz CT molecular complexity index is 1080. The van der Waals surface area contributed by atoms with E-state index in [4.69, 9.17) is 11.6 Å². The summed E-state index contributed by atoms with van der Waals surface area (Å²) in [5, 5.41) is 13.1. The van der Waals surface area contributed by atoms with Gasteiger partial charge in [0.1, 0.15) is 6.04 Å². The number of hydrogen-bond donors (Lipinski definition) is 2. The quantitative estimate of drug-likeness (QED) is 0.790. The van der Waals surface area contributed by atoms with E-state index < -0.39 is 17.6 Å². The van der Waals surface area contributed by atoms with Gasteiger partial charge in [-0.05, 0) is 55.4 Å². The van der Waals surface area contributed by atoms with E-state index in [0.717, 1.165) is 24.0 Å². The molecule has 2 aliphatic heterocycles. The smallest absolute Gasteiger partial charge is 0.326 e. The molecule has 1 atom stereocenters. The average molecular weight is 385 g/mol. The molecule has 1 fully saturated rings. The number of nitrogens with zero attached hydrogens (tertiary/aromatic N) is 1. The minimum absolute atomic E-state index is 0.233. The van der Waals surface area contributed by atoms with Crippen LogP contribution in [0.2, 0.25) is 5.02 Å². The molecule has 1 aromatic heterocycles. The van der Waals surface area contributed by atoms with Crippen LogP contribution in [0.25, 0.3) is 11.1 Å². The summed E-state index contributed by atoms with van der Waals surface area (Å²) < 4.78 is 1.27. The van der Waals surface area contributed by atoms with Crippen LogP contribution in [-0.2, 0) is 17.6 Å². The number of aromatic nitrogens is 1. The molecule has 2 aromatic rings. The number of fused-ring (bicyclic) bond motifs is 5. The van der Waals surface area contributed by atoms with Gasteiger partial charge in [0.25, 0.3) is 11.5 Å². The lowest BCUT2D eigenvalue weighted by Gasteiger charge is -2.26. The molecule has 0 radical (unpaired) electrons. The second-order valence-electron chi connectivity index (χ2n) is 7.69. The number of carbonyl (C=O) groups is 2. The SMILES string of the molecule is O=C1NC2(CC2)Cc2ccc(Cl)cc2-c2cc(=O)n3c(c21)CCC3C(=O)O. The Balaban J connectivity index is 1.83. The number of carboxylic acid groups (broad SMARTS) is 1. The van der Waals surface area contributed by atoms with Crippen molar-refractivity contribution >= 4 is 23.5 Å². The normalized spacial score (nSPS) is 21.5. The van der Waals surface area contributed by atoms with E-state index >= 15 is 0 Å². The number of pyridine rings is 1. The van der Waals surface area contributed by atoms with E-state index in [-0.39, 0.29) is 11.4 Å². The van der Waals surface area contributed by atoms with Crippen LogP contribution < -0.4 is 10.9 Å². The fraction of sp³-hybridized carbons (Fsp3) is 0.350. The lowest BCUT2D eigenvalue weighted by Crippen LogP contribution is -2.41. The molecule has 6 nitrogen and oxygen atoms in total. The first kappa shape index (κ1) is 16.6. The molecule has 27 heavy (non-hydrogen) atoms. The summed E-state index contributed by atoms with van der Waals surface area (Å²) in [5.74, 6) is -1.29. The lowest BCUT2D eigenvalue weighted by molar-refractivity contribution is -0.140. The molecule has 0 bridgehead atoms. The van der Waals surface area contributed by atoms with Crippen LogP contribution in [0.4, 0.5) is 0 Å². The van der Waals surface area contributed by atoms with Crippen molar-refractivity contribution in [3.63, 3.8) is 0 Å². The number of halogens is 1. The van der Waals surface area contributed by atoms with Crippen LogP contribution in [0.3, 0.4) is 0 Å². The summed E-state index contributed by atoms with van der Waals surface area (Å²) in [7, 11) is 0. The van der Waals surface area contributed by atoms with Crippen molar-refractivity contribution in [2.45, 2.75) is 43.7 Å². The summed E-state index contributed by atoms with van der Waals surface area (Å²) in [6.45, 7) is 0. The third-order valence-electron chi connectivity index (χ3n) is 5.96. The largest absolute Gasteiger partial charge is 0.480 e. The number of carboxylic acids is 1. The molecule has 1 unspecified atom stereocenters. The van der Waals surface area contributed by atoms with E-state index in [2.05, 4.69) is 5.32 Å². The molecular formula is C20H17ClN2O4. The first-order chi connectivity index (χ1) is 12.9. The molecule has 0 saturated heterocycles. The molecule has 138 valence electrons. The maximum absolute atomic E-state index is 13.1. The van der Waals surface area contributed by atoms with Crippen molar-refractivity contribution < 1.29 is 14.7 Å². The van der Waals surface area contributed by atoms with E-state index in [1.165, 1.54) is 10.6 Å². The highest BCUT2D eigenvalue weighted by Crippen LogP contribution is 2.44. The Morgan fingerprint density at radius 3 is 2.70 bits per heavy atom. The Morgan fingerprint density at radius 1 is 1.22 bits per heavy atom. The van der Waals surface area contributed by atoms with Gasteiger partial charge in [0.15, 0.2) is 0 Å². The lowest BCUT2D eigenvalue weighted by atomic mass is 9.88. The zero-order chi connectivity index (χ0) is 18.9. The van der Waals surface area contributed by atoms with Crippen molar-refractivity contribution in [2.75, 3.05) is 0 Å². The van der Waals surface area contributed by atoms with Gasteiger partial charge >= 0.3 is 5.97 Å². The maximum atomic E-state index is 13.1. The highest BCUT2D eigenvalue weighted by Gasteiger charge is 2.47. The van der Waals surface area contributed by atoms with Gasteiger partial charge in [0.05, 0.1) is 5.56 Å². The molecule has 3 aliphatic rings. The van der Waals surface area contributed by atoms with E-state index in [0.29, 0.717) is 41.1 Å². The third kappa shape index (κ3) is 2.43. The first-order valence-electron chi connectivity index (χ1n) is 9.01. The molecule has 7 heteroatoms. The summed E-state index contributed by atoms with van der Waals surface area (Å²) in [6, 6.07) is 6.03. The van der Waals surface area contributed by atoms with Crippen LogP contribution in [-0.4, -0.2) is 27.1 Å². The second kappa shape index (κ2) is 5.45. The Labute approximate surface area is 159 Å². The van der Waals surface area contributed by atoms with Crippen LogP contribution in [0.15, 0.2) is 29.1 Å². The van der Waals surface area contributed by atoms with Crippen LogP contribution in [0.1, 0.15) is 46.9 Å². The number of aliphatic carboxylic acids is 1. The van der Waals surface area contributed by atoms with Gasteiger partial charge in [-0.15, -0.1) is 0 Å². The predicted octanol–water partition coefficient (Wildman–Crippen LogP) is 2.56. The number of nitrogens with one attached hydrogen (secondary N) is 1. The van der Waals surface area contributed by atoms with Gasteiger partial charge in [-0.1, -0.05) is 17.7 Å². The van der Waals surface area contributed by atoms with Crippen molar-refractivity contribution in [2.24, 2.45) is 0 Å². The molecule has 5 rings (SSSR count). The van der Waals surface area contributed by atoms with Crippen LogP contribution in [0, 0.1) is 0 Å². The molecule has 2 N–H and O–H groups in total. The minimum Gasteiger partial charge on any atom is -0.480 e. The maximum Gasteiger partial charge on any atom is 0.326 e. The highest BCUT2D eigenvalue weighted by atomic mass is 35.5. The zero-order valence-electron chi connectivity index (χ0n) is 14.4. The molecule has 1 spiro atoms. The van der Waals surface area contributed by atoms with Gasteiger partial charge in [-0.2, -0.15) is 0 Å². The monoisotopic (exact) mass is 384 g/mol. The van der Waals surface area contributed by atoms with Crippen molar-refractivity contribution in [1.82, 2.24) is 9.88 Å². The van der Waals surface area contributed by atoms with Gasteiger partial charge in [-0.25, -0.2) is 4.79 Å². The second-order valence-corrected chi connectivity index (χ2v) is 8.13. The third-order valence-corrected chi connectivity index (χ3v) is 6.19. The molecule has 1 aliphatic carbocycles. The topological polar surface area (TPSA) is 88.4 Å². The number of rotatable bonds is 1. The number of benzene rings is 1. The van der Waals surface area contributed by atoms with Gasteiger partial charge in [0.2, 0.25) is 0 Å². The molecule has 3 heterocycles. The average Bonchev–Trinajstić information content (AvgIpc) is 3.20. The zero-order valence-corrected chi connectivity index (χ0v) is 15.2. The number of amides is 1. The molecule has 1 saturated carbocycles. The fourth-order valence-electron chi connectivity index (χ4n) is 4.48. The minimum atomic E-state index is -1.05. The first-order valence-corrected chi connectivity index (χ1v) is 9.39. The van der Waals surface area contributed by atoms with E-state index in [1.54, 1.807) is 6.07 Å². The van der Waals surface area contributed by atoms with Gasteiger partial charge < -0.3 is 10.4 Å². The highest BCUT2D eigenvalue weighted by molar-refractivity contribution is 6.31. The van der Waals surface area contributed by atoms with Crippen molar-refractivity contribution in [3.8, 4) is 11.1 Å². The Kier molecular flexibility index (Phi) is 3.35. The summed E-state index contributed by atoms with van der Waals surface area (Å²) >= 11 is 6.22. The summed E-state index contributed by atoms with van der Waals surface area (Å²) in [6.07, 6.45) is 3.19. The number of carbonyl (C=O) groups excluding carboxylic acids is 1. The molecular weight excluding hydrogens is 368 g/mol. The van der Waals surface area contributed by atoms with E-state index in [1.807, 2.05) is 12.1 Å². The summed E-state index contributed by atoms with van der Waals surface area (Å²) in [5.41, 5.74) is 2.64. The Morgan fingerprint density at radius 2 is 2.00 bits per heavy atom. The standard InChI is InChI=1S/C20H17ClN2O4/c21-11-2-1-10-9-20(5-6-20)22-18(25)17-13(12(10)7-11)8-16(24)23-14(17)3-4-15(23)19(26)27/h1-2,7-8,15H,3-6,9H2,(H,22,25)(H,26,27). The Hall–Kier alpha value is -2.60. The van der Waals surface area contributed by atoms with Crippen molar-refractivity contribution in [3.05, 3.63) is 56.5 Å². The van der Waals surface area contributed by atoms with Crippen LogP contribution >= 0.6 is 11.6 Å². The van der Waals surface area contributed by atoms with Crippen LogP contribution in [0.5, 0.6) is 0 Å². The molecule has 1 aromatic carbocycles. The van der Waals surface area contributed by atoms with Crippen molar-refractivity contribution in [1.29, 1.82) is 0 Å². The fourth-order valence-corrected chi connectivity index (χ4v) is 4.65. The van der Waals surface area contributed by atoms with E-state index in [9.17, 15) is 19.5 Å². The van der Waals surface area contributed by atoms with Gasteiger partial charge in [0, 0.05) is 27.9 Å². The predicted molar refractivity (Wildman–Crippen MR) is 99.3 cm³/mol. The molecule has 1 amide bonds.